The summed E-state index contributed by atoms with van der Waals surface area (Å²) in [6.45, 7) is 2.58. The summed E-state index contributed by atoms with van der Waals surface area (Å²) in [4.78, 5) is 0. The second kappa shape index (κ2) is 18.9. The number of aliphatic hydroxyl groups excluding tert-OH is 4. The summed E-state index contributed by atoms with van der Waals surface area (Å²) in [5, 5.41) is 34.0. The Morgan fingerprint density at radius 3 is 0.882 bits per heavy atom. The number of hydrogen-bond donors (Lipinski definition) is 6. The third-order valence-corrected chi connectivity index (χ3v) is 2.68. The van der Waals surface area contributed by atoms with Crippen molar-refractivity contribution < 1.29 is 20.4 Å². The predicted octanol–water partition coefficient (Wildman–Crippen LogP) is 0.594. The second-order valence-corrected chi connectivity index (χ2v) is 4.47. The Hall–Kier alpha value is 0.540. The molecule has 0 aliphatic rings. The van der Waals surface area contributed by atoms with Gasteiger partial charge in [0.1, 0.15) is 0 Å². The van der Waals surface area contributed by atoms with Gasteiger partial charge in [0.25, 0.3) is 0 Å². The van der Waals surface area contributed by atoms with Crippen LogP contribution >= 0.6 is 25.3 Å². The van der Waals surface area contributed by atoms with E-state index in [-0.39, 0.29) is 0 Å². The van der Waals surface area contributed by atoms with Crippen molar-refractivity contribution in [2.75, 3.05) is 37.9 Å². The maximum Gasteiger partial charge on any atom is 0.0627 e. The van der Waals surface area contributed by atoms with Crippen molar-refractivity contribution >= 4 is 25.3 Å². The minimum atomic E-state index is -1.11. The molecule has 0 rings (SSSR count). The molecule has 0 amide bonds. The lowest BCUT2D eigenvalue weighted by molar-refractivity contribution is -0.0328. The Kier molecular flexibility index (Phi) is 25.2. The zero-order valence-electron chi connectivity index (χ0n) is 10.8. The molecule has 0 aliphatic heterocycles. The molecule has 0 bridgehead atoms. The van der Waals surface area contributed by atoms with Gasteiger partial charge in [0.2, 0.25) is 0 Å². The molecule has 0 aromatic carbocycles. The number of rotatable bonds is 6. The molecular weight excluding hydrogens is 260 g/mol. The van der Waals surface area contributed by atoms with E-state index in [9.17, 15) is 0 Å². The quantitative estimate of drug-likeness (QED) is 0.404. The highest BCUT2D eigenvalue weighted by molar-refractivity contribution is 7.80. The predicted molar refractivity (Wildman–Crippen MR) is 79.1 cm³/mol. The lowest BCUT2D eigenvalue weighted by Gasteiger charge is -2.23. The fourth-order valence-corrected chi connectivity index (χ4v) is 0.300. The molecule has 6 heteroatoms. The van der Waals surface area contributed by atoms with Crippen molar-refractivity contribution in [1.82, 2.24) is 0 Å². The van der Waals surface area contributed by atoms with E-state index in [2.05, 4.69) is 39.1 Å². The van der Waals surface area contributed by atoms with E-state index in [1.807, 2.05) is 0 Å². The molecule has 0 atom stereocenters. The number of aliphatic hydroxyl groups is 4. The van der Waals surface area contributed by atoms with Crippen LogP contribution in [0.15, 0.2) is 0 Å². The van der Waals surface area contributed by atoms with Gasteiger partial charge in [0.15, 0.2) is 0 Å². The molecule has 4 nitrogen and oxygen atoms in total. The summed E-state index contributed by atoms with van der Waals surface area (Å²) < 4.78 is 0. The van der Waals surface area contributed by atoms with Crippen LogP contribution in [0.1, 0.15) is 26.7 Å². The Bertz CT molecular complexity index is 96.5. The minimum absolute atomic E-state index is 0.406. The Labute approximate surface area is 116 Å². The molecule has 0 spiro atoms. The van der Waals surface area contributed by atoms with Crippen molar-refractivity contribution in [3.05, 3.63) is 0 Å². The van der Waals surface area contributed by atoms with E-state index in [1.54, 1.807) is 0 Å². The van der Waals surface area contributed by atoms with Gasteiger partial charge < -0.3 is 20.4 Å². The van der Waals surface area contributed by atoms with Gasteiger partial charge in [0, 0.05) is 0 Å². The van der Waals surface area contributed by atoms with Gasteiger partial charge >= 0.3 is 0 Å². The monoisotopic (exact) mass is 288 g/mol. The van der Waals surface area contributed by atoms with Gasteiger partial charge in [-0.1, -0.05) is 13.8 Å². The standard InChI is InChI=1S/C5H12O4.2C3H8S/c6-1-5(2-7,3-8)4-9;2*1-2-3-4/h6-9H,1-4H2;2*4H,2-3H2,1H3. The van der Waals surface area contributed by atoms with Gasteiger partial charge in [0.05, 0.1) is 31.8 Å². The first-order valence-corrected chi connectivity index (χ1v) is 6.99. The first-order chi connectivity index (χ1) is 8.07. The molecule has 0 unspecified atom stereocenters. The van der Waals surface area contributed by atoms with Crippen molar-refractivity contribution in [2.45, 2.75) is 26.7 Å². The fourth-order valence-electron chi connectivity index (χ4n) is 0.300. The van der Waals surface area contributed by atoms with E-state index in [1.165, 1.54) is 12.8 Å². The normalized spacial score (nSPS) is 9.88. The molecule has 0 aromatic heterocycles. The molecule has 0 aromatic rings. The van der Waals surface area contributed by atoms with Gasteiger partial charge in [-0.15, -0.1) is 0 Å². The zero-order chi connectivity index (χ0) is 14.2. The molecule has 0 aliphatic carbocycles. The highest BCUT2D eigenvalue weighted by Gasteiger charge is 2.26. The summed E-state index contributed by atoms with van der Waals surface area (Å²) in [6.07, 6.45) is 2.37. The number of hydrogen-bond acceptors (Lipinski definition) is 6. The molecule has 0 radical (unpaired) electrons. The largest absolute Gasteiger partial charge is 0.396 e. The van der Waals surface area contributed by atoms with Gasteiger partial charge in [-0.3, -0.25) is 0 Å². The molecule has 0 saturated heterocycles. The van der Waals surface area contributed by atoms with Crippen molar-refractivity contribution in [3.8, 4) is 0 Å². The van der Waals surface area contributed by atoms with Gasteiger partial charge in [-0.2, -0.15) is 25.3 Å². The maximum absolute atomic E-state index is 8.50. The SMILES string of the molecule is CCCS.CCCS.OCC(CO)(CO)CO. The van der Waals surface area contributed by atoms with Crippen molar-refractivity contribution in [2.24, 2.45) is 5.41 Å². The average molecular weight is 288 g/mol. The molecule has 0 saturated carbocycles. The van der Waals surface area contributed by atoms with E-state index in [0.29, 0.717) is 0 Å². The summed E-state index contributed by atoms with van der Waals surface area (Å²) in [5.41, 5.74) is -1.11. The van der Waals surface area contributed by atoms with Crippen LogP contribution in [0.25, 0.3) is 0 Å². The van der Waals surface area contributed by atoms with Gasteiger partial charge in [-0.25, -0.2) is 0 Å². The van der Waals surface area contributed by atoms with Crippen LogP contribution in [0.5, 0.6) is 0 Å². The summed E-state index contributed by atoms with van der Waals surface area (Å²) in [5.74, 6) is 2.03. The topological polar surface area (TPSA) is 80.9 Å². The highest BCUT2D eigenvalue weighted by Crippen LogP contribution is 2.11. The lowest BCUT2D eigenvalue weighted by atomic mass is 9.93. The molecule has 108 valence electrons. The second-order valence-electron chi connectivity index (χ2n) is 3.58. The Morgan fingerprint density at radius 1 is 0.706 bits per heavy atom. The highest BCUT2D eigenvalue weighted by atomic mass is 32.1. The maximum atomic E-state index is 8.50. The number of thiol groups is 2. The molecule has 0 heterocycles. The van der Waals surface area contributed by atoms with E-state index < -0.39 is 31.8 Å². The summed E-state index contributed by atoms with van der Waals surface area (Å²) in [6, 6.07) is 0. The van der Waals surface area contributed by atoms with E-state index >= 15 is 0 Å². The molecule has 17 heavy (non-hydrogen) atoms. The molecular formula is C11H28O4S2. The average Bonchev–Trinajstić information content (AvgIpc) is 2.42. The Morgan fingerprint density at radius 2 is 0.882 bits per heavy atom. The van der Waals surface area contributed by atoms with E-state index in [0.717, 1.165) is 11.5 Å². The van der Waals surface area contributed by atoms with Crippen LogP contribution in [0.3, 0.4) is 0 Å². The fraction of sp³-hybridized carbons (Fsp3) is 1.00. The molecule has 4 N–H and O–H groups in total. The van der Waals surface area contributed by atoms with Crippen molar-refractivity contribution in [1.29, 1.82) is 0 Å². The van der Waals surface area contributed by atoms with E-state index in [4.69, 9.17) is 20.4 Å². The third kappa shape index (κ3) is 16.5. The van der Waals surface area contributed by atoms with Crippen LogP contribution in [0.2, 0.25) is 0 Å². The zero-order valence-corrected chi connectivity index (χ0v) is 12.6. The minimum Gasteiger partial charge on any atom is -0.396 e. The van der Waals surface area contributed by atoms with Crippen LogP contribution in [-0.2, 0) is 0 Å². The van der Waals surface area contributed by atoms with Crippen LogP contribution < -0.4 is 0 Å². The molecule has 0 fully saturated rings. The van der Waals surface area contributed by atoms with Crippen LogP contribution in [0.4, 0.5) is 0 Å². The van der Waals surface area contributed by atoms with Crippen LogP contribution in [0, 0.1) is 5.41 Å². The lowest BCUT2D eigenvalue weighted by Crippen LogP contribution is -2.37. The Balaban J connectivity index is -0.000000205. The first-order valence-electron chi connectivity index (χ1n) is 5.73. The smallest absolute Gasteiger partial charge is 0.0627 e. The van der Waals surface area contributed by atoms with Gasteiger partial charge in [-0.05, 0) is 24.3 Å². The third-order valence-electron chi connectivity index (χ3n) is 1.79. The van der Waals surface area contributed by atoms with Crippen molar-refractivity contribution in [3.63, 3.8) is 0 Å². The summed E-state index contributed by atoms with van der Waals surface area (Å²) in [7, 11) is 0. The van der Waals surface area contributed by atoms with Crippen LogP contribution in [-0.4, -0.2) is 58.4 Å². The summed E-state index contributed by atoms with van der Waals surface area (Å²) >= 11 is 7.84. The first kappa shape index (κ1) is 22.7.